The van der Waals surface area contributed by atoms with E-state index in [0.29, 0.717) is 11.1 Å². The third-order valence-electron chi connectivity index (χ3n) is 2.85. The SMILES string of the molecule is S=C(N=CNNc1nc2ccccc2[nH]1)Nc1ccccc1. The van der Waals surface area contributed by atoms with E-state index in [1.54, 1.807) is 0 Å². The van der Waals surface area contributed by atoms with Crippen molar-refractivity contribution in [3.63, 3.8) is 0 Å². The van der Waals surface area contributed by atoms with Crippen LogP contribution in [0.1, 0.15) is 0 Å². The summed E-state index contributed by atoms with van der Waals surface area (Å²) < 4.78 is 0. The number of aliphatic imine (C=N–C) groups is 1. The van der Waals surface area contributed by atoms with E-state index in [-0.39, 0.29) is 0 Å². The Morgan fingerprint density at radius 1 is 1.09 bits per heavy atom. The molecule has 2 aromatic carbocycles. The van der Waals surface area contributed by atoms with Gasteiger partial charge in [-0.3, -0.25) is 10.9 Å². The second-order valence-corrected chi connectivity index (χ2v) is 4.81. The number of hydrazine groups is 1. The first-order valence-electron chi connectivity index (χ1n) is 6.66. The Labute approximate surface area is 132 Å². The van der Waals surface area contributed by atoms with E-state index in [1.807, 2.05) is 54.6 Å². The fourth-order valence-corrected chi connectivity index (χ4v) is 2.05. The number of hydrogen-bond donors (Lipinski definition) is 4. The maximum Gasteiger partial charge on any atom is 0.220 e. The normalized spacial score (nSPS) is 10.7. The number of benzene rings is 2. The second-order valence-electron chi connectivity index (χ2n) is 4.43. The first-order chi connectivity index (χ1) is 10.8. The Kier molecular flexibility index (Phi) is 4.26. The van der Waals surface area contributed by atoms with Crippen LogP contribution in [0.4, 0.5) is 11.6 Å². The Morgan fingerprint density at radius 2 is 1.86 bits per heavy atom. The molecule has 0 saturated carbocycles. The lowest BCUT2D eigenvalue weighted by atomic mass is 10.3. The molecule has 3 rings (SSSR count). The third-order valence-corrected chi connectivity index (χ3v) is 3.06. The van der Waals surface area contributed by atoms with Gasteiger partial charge in [0, 0.05) is 5.69 Å². The third kappa shape index (κ3) is 3.58. The summed E-state index contributed by atoms with van der Waals surface area (Å²) in [6.45, 7) is 0. The molecule has 22 heavy (non-hydrogen) atoms. The first kappa shape index (κ1) is 14.0. The Bertz CT molecular complexity index is 763. The van der Waals surface area contributed by atoms with Crippen LogP contribution in [0.15, 0.2) is 59.6 Å². The van der Waals surface area contributed by atoms with Gasteiger partial charge in [0.25, 0.3) is 0 Å². The summed E-state index contributed by atoms with van der Waals surface area (Å²) in [5, 5.41) is 3.37. The maximum absolute atomic E-state index is 5.12. The van der Waals surface area contributed by atoms with Crippen LogP contribution in [0, 0.1) is 0 Å². The lowest BCUT2D eigenvalue weighted by Gasteiger charge is -2.03. The van der Waals surface area contributed by atoms with Crippen molar-refractivity contribution in [1.29, 1.82) is 0 Å². The molecule has 0 saturated heterocycles. The quantitative estimate of drug-likeness (QED) is 0.258. The topological polar surface area (TPSA) is 77.1 Å². The minimum Gasteiger partial charge on any atom is -0.331 e. The summed E-state index contributed by atoms with van der Waals surface area (Å²) in [6, 6.07) is 17.4. The van der Waals surface area contributed by atoms with E-state index in [9.17, 15) is 0 Å². The standard InChI is InChI=1S/C15H14N6S/c22-15(18-11-6-2-1-3-7-11)16-10-17-21-14-19-12-8-4-5-9-13(12)20-14/h1-10H,(H2,19,20,21)(H2,16,17,18,22). The summed E-state index contributed by atoms with van der Waals surface area (Å²) in [4.78, 5) is 11.6. The highest BCUT2D eigenvalue weighted by Crippen LogP contribution is 2.12. The molecule has 0 unspecified atom stereocenters. The zero-order valence-electron chi connectivity index (χ0n) is 11.6. The average molecular weight is 310 g/mol. The molecular formula is C15H14N6S. The summed E-state index contributed by atoms with van der Waals surface area (Å²) in [7, 11) is 0. The summed E-state index contributed by atoms with van der Waals surface area (Å²) in [5.74, 6) is 0.606. The largest absolute Gasteiger partial charge is 0.331 e. The highest BCUT2D eigenvalue weighted by atomic mass is 32.1. The van der Waals surface area contributed by atoms with Gasteiger partial charge >= 0.3 is 0 Å². The fraction of sp³-hybridized carbons (Fsp3) is 0. The molecule has 6 nitrogen and oxygen atoms in total. The average Bonchev–Trinajstić information content (AvgIpc) is 2.95. The molecule has 4 N–H and O–H groups in total. The number of aromatic nitrogens is 2. The molecule has 110 valence electrons. The molecule has 1 heterocycles. The lowest BCUT2D eigenvalue weighted by molar-refractivity contribution is 1.09. The van der Waals surface area contributed by atoms with Crippen molar-refractivity contribution < 1.29 is 0 Å². The van der Waals surface area contributed by atoms with E-state index < -0.39 is 0 Å². The van der Waals surface area contributed by atoms with E-state index in [0.717, 1.165) is 16.7 Å². The Morgan fingerprint density at radius 3 is 2.68 bits per heavy atom. The van der Waals surface area contributed by atoms with Crippen LogP contribution in [0.2, 0.25) is 0 Å². The molecule has 3 aromatic rings. The van der Waals surface area contributed by atoms with Crippen LogP contribution in [0.5, 0.6) is 0 Å². The van der Waals surface area contributed by atoms with Crippen molar-refractivity contribution in [2.24, 2.45) is 4.99 Å². The van der Waals surface area contributed by atoms with E-state index in [4.69, 9.17) is 12.2 Å². The number of nitrogens with one attached hydrogen (secondary N) is 4. The minimum absolute atomic E-state index is 0.366. The van der Waals surface area contributed by atoms with E-state index >= 15 is 0 Å². The van der Waals surface area contributed by atoms with Crippen molar-refractivity contribution in [2.75, 3.05) is 10.7 Å². The number of rotatable bonds is 4. The van der Waals surface area contributed by atoms with Crippen molar-refractivity contribution in [3.8, 4) is 0 Å². The van der Waals surface area contributed by atoms with Gasteiger partial charge < -0.3 is 10.3 Å². The summed E-state index contributed by atoms with van der Waals surface area (Å²) in [5.41, 5.74) is 8.47. The van der Waals surface area contributed by atoms with Crippen LogP contribution in [0.25, 0.3) is 11.0 Å². The Hall–Kier alpha value is -2.93. The molecule has 1 aromatic heterocycles. The molecule has 0 atom stereocenters. The van der Waals surface area contributed by atoms with Gasteiger partial charge in [-0.2, -0.15) is 0 Å². The fourth-order valence-electron chi connectivity index (χ4n) is 1.88. The summed E-state index contributed by atoms with van der Waals surface area (Å²) >= 11 is 5.12. The van der Waals surface area contributed by atoms with E-state index in [2.05, 4.69) is 31.1 Å². The van der Waals surface area contributed by atoms with Gasteiger partial charge in [-0.25, -0.2) is 9.98 Å². The molecular weight excluding hydrogens is 296 g/mol. The van der Waals surface area contributed by atoms with Crippen LogP contribution >= 0.6 is 12.2 Å². The van der Waals surface area contributed by atoms with E-state index in [1.165, 1.54) is 6.34 Å². The lowest BCUT2D eigenvalue weighted by Crippen LogP contribution is -2.21. The number of aromatic amines is 1. The zero-order valence-corrected chi connectivity index (χ0v) is 12.4. The molecule has 0 aliphatic rings. The van der Waals surface area contributed by atoms with Crippen molar-refractivity contribution in [2.45, 2.75) is 0 Å². The number of nitrogens with zero attached hydrogens (tertiary/aromatic N) is 2. The van der Waals surface area contributed by atoms with Crippen molar-refractivity contribution in [3.05, 3.63) is 54.6 Å². The molecule has 0 aliphatic carbocycles. The number of H-pyrrole nitrogens is 1. The highest BCUT2D eigenvalue weighted by Gasteiger charge is 1.99. The monoisotopic (exact) mass is 310 g/mol. The number of fused-ring (bicyclic) bond motifs is 1. The van der Waals surface area contributed by atoms with Crippen LogP contribution in [0.3, 0.4) is 0 Å². The minimum atomic E-state index is 0.366. The summed E-state index contributed by atoms with van der Waals surface area (Å²) in [6.07, 6.45) is 1.46. The van der Waals surface area contributed by atoms with Gasteiger partial charge in [0.1, 0.15) is 6.34 Å². The number of anilines is 2. The Balaban J connectivity index is 1.50. The molecule has 0 spiro atoms. The van der Waals surface area contributed by atoms with Crippen LogP contribution in [-0.4, -0.2) is 21.4 Å². The van der Waals surface area contributed by atoms with Gasteiger partial charge in [-0.15, -0.1) is 0 Å². The highest BCUT2D eigenvalue weighted by molar-refractivity contribution is 7.80. The number of imidazole rings is 1. The molecule has 0 fully saturated rings. The molecule has 0 amide bonds. The number of thiocarbonyl (C=S) groups is 1. The van der Waals surface area contributed by atoms with Crippen molar-refractivity contribution in [1.82, 2.24) is 15.4 Å². The van der Waals surface area contributed by atoms with Gasteiger partial charge in [-0.05, 0) is 36.5 Å². The zero-order chi connectivity index (χ0) is 15.2. The van der Waals surface area contributed by atoms with Crippen molar-refractivity contribution >= 4 is 46.3 Å². The van der Waals surface area contributed by atoms with Crippen LogP contribution in [-0.2, 0) is 0 Å². The molecule has 0 bridgehead atoms. The number of hydrogen-bond acceptors (Lipinski definition) is 3. The van der Waals surface area contributed by atoms with Gasteiger partial charge in [0.05, 0.1) is 11.0 Å². The molecule has 0 radical (unpaired) electrons. The van der Waals surface area contributed by atoms with Gasteiger partial charge in [0.2, 0.25) is 5.95 Å². The smallest absolute Gasteiger partial charge is 0.220 e. The second kappa shape index (κ2) is 6.68. The molecule has 7 heteroatoms. The predicted octanol–water partition coefficient (Wildman–Crippen LogP) is 2.90. The van der Waals surface area contributed by atoms with Gasteiger partial charge in [-0.1, -0.05) is 30.3 Å². The molecule has 0 aliphatic heterocycles. The predicted molar refractivity (Wildman–Crippen MR) is 94.0 cm³/mol. The maximum atomic E-state index is 5.12. The number of para-hydroxylation sites is 3. The first-order valence-corrected chi connectivity index (χ1v) is 7.07. The van der Waals surface area contributed by atoms with Gasteiger partial charge in [0.15, 0.2) is 5.11 Å². The van der Waals surface area contributed by atoms with Crippen LogP contribution < -0.4 is 16.2 Å².